The van der Waals surface area contributed by atoms with Gasteiger partial charge in [0.05, 0.1) is 13.7 Å². The molecule has 0 aliphatic rings. The minimum atomic E-state index is -0.933. The molecule has 1 rings (SSSR count). The Kier molecular flexibility index (Phi) is 10.8. The van der Waals surface area contributed by atoms with Crippen molar-refractivity contribution in [2.24, 2.45) is 5.73 Å². The van der Waals surface area contributed by atoms with E-state index < -0.39 is 17.9 Å². The van der Waals surface area contributed by atoms with Crippen LogP contribution in [0.15, 0.2) is 36.4 Å². The third-order valence-corrected chi connectivity index (χ3v) is 3.83. The van der Waals surface area contributed by atoms with Crippen LogP contribution < -0.4 is 15.8 Å². The third kappa shape index (κ3) is 9.22. The Morgan fingerprint density at radius 1 is 1.12 bits per heavy atom. The molecule has 0 aliphatic carbocycles. The maximum Gasteiger partial charge on any atom is 0.330 e. The molecule has 6 heteroatoms. The summed E-state index contributed by atoms with van der Waals surface area (Å²) >= 11 is 0. The van der Waals surface area contributed by atoms with Gasteiger partial charge in [-0.3, -0.25) is 4.79 Å². The number of unbranched alkanes of at least 4 members (excludes halogenated alkanes) is 5. The monoisotopic (exact) mass is 362 g/mol. The number of esters is 1. The minimum Gasteiger partial charge on any atom is -0.494 e. The highest BCUT2D eigenvalue weighted by Gasteiger charge is 2.11. The molecular weight excluding hydrogens is 332 g/mol. The molecule has 0 bridgehead atoms. The number of hydrogen-bond donors (Lipinski definition) is 2. The number of rotatable bonds is 12. The van der Waals surface area contributed by atoms with E-state index in [-0.39, 0.29) is 0 Å². The van der Waals surface area contributed by atoms with Crippen molar-refractivity contribution in [3.63, 3.8) is 0 Å². The van der Waals surface area contributed by atoms with Crippen molar-refractivity contribution < 1.29 is 19.1 Å². The molecule has 1 aromatic rings. The summed E-state index contributed by atoms with van der Waals surface area (Å²) in [7, 11) is 1.26. The van der Waals surface area contributed by atoms with Crippen LogP contribution >= 0.6 is 0 Å². The Balaban J connectivity index is 2.32. The van der Waals surface area contributed by atoms with Gasteiger partial charge in [0.15, 0.2) is 0 Å². The molecule has 0 unspecified atom stereocenters. The van der Waals surface area contributed by atoms with Gasteiger partial charge in [-0.15, -0.1) is 0 Å². The summed E-state index contributed by atoms with van der Waals surface area (Å²) in [6, 6.07) is 6.19. The Morgan fingerprint density at radius 3 is 2.42 bits per heavy atom. The highest BCUT2D eigenvalue weighted by Crippen LogP contribution is 2.16. The first kappa shape index (κ1) is 21.7. The first-order valence-electron chi connectivity index (χ1n) is 9.12. The van der Waals surface area contributed by atoms with Gasteiger partial charge in [-0.25, -0.2) is 4.79 Å². The van der Waals surface area contributed by atoms with E-state index in [9.17, 15) is 9.59 Å². The standard InChI is InChI=1S/C20H30N2O4/c1-3-4-5-6-7-8-15-26-17-11-9-16(10-12-17)22-20(24)18(21)13-14-19(23)25-2/h9-14,18H,3-8,15,21H2,1-2H3,(H,22,24)/b14-13+/t18-/m0/s1. The summed E-state index contributed by atoms with van der Waals surface area (Å²) in [6.07, 6.45) is 9.76. The fourth-order valence-electron chi connectivity index (χ4n) is 2.27. The second-order valence-corrected chi connectivity index (χ2v) is 6.04. The van der Waals surface area contributed by atoms with Gasteiger partial charge in [-0.2, -0.15) is 0 Å². The van der Waals surface area contributed by atoms with Crippen molar-refractivity contribution in [2.75, 3.05) is 19.0 Å². The second-order valence-electron chi connectivity index (χ2n) is 6.04. The van der Waals surface area contributed by atoms with Crippen molar-refractivity contribution in [3.05, 3.63) is 36.4 Å². The molecule has 1 atom stereocenters. The van der Waals surface area contributed by atoms with Crippen LogP contribution in [-0.2, 0) is 14.3 Å². The number of ether oxygens (including phenoxy) is 2. The number of nitrogens with two attached hydrogens (primary N) is 1. The second kappa shape index (κ2) is 12.9. The van der Waals surface area contributed by atoms with Gasteiger partial charge in [0.2, 0.25) is 5.91 Å². The number of methoxy groups -OCH3 is 1. The zero-order chi connectivity index (χ0) is 19.2. The van der Waals surface area contributed by atoms with E-state index in [0.29, 0.717) is 12.3 Å². The van der Waals surface area contributed by atoms with E-state index in [2.05, 4.69) is 17.0 Å². The largest absolute Gasteiger partial charge is 0.494 e. The summed E-state index contributed by atoms with van der Waals surface area (Å²) in [4.78, 5) is 22.9. The van der Waals surface area contributed by atoms with Gasteiger partial charge in [-0.05, 0) is 30.7 Å². The van der Waals surface area contributed by atoms with Gasteiger partial charge in [-0.1, -0.05) is 45.1 Å². The van der Waals surface area contributed by atoms with E-state index in [0.717, 1.165) is 18.2 Å². The first-order valence-corrected chi connectivity index (χ1v) is 9.12. The highest BCUT2D eigenvalue weighted by molar-refractivity contribution is 5.96. The molecule has 0 radical (unpaired) electrons. The zero-order valence-electron chi connectivity index (χ0n) is 15.7. The maximum absolute atomic E-state index is 11.9. The van der Waals surface area contributed by atoms with Crippen LogP contribution in [0.2, 0.25) is 0 Å². The Bertz CT molecular complexity index is 570. The summed E-state index contributed by atoms with van der Waals surface area (Å²) in [6.45, 7) is 2.91. The predicted molar refractivity (Wildman–Crippen MR) is 103 cm³/mol. The lowest BCUT2D eigenvalue weighted by atomic mass is 10.1. The van der Waals surface area contributed by atoms with Crippen LogP contribution in [0.4, 0.5) is 5.69 Å². The first-order chi connectivity index (χ1) is 12.6. The van der Waals surface area contributed by atoms with Crippen molar-refractivity contribution in [1.82, 2.24) is 0 Å². The number of hydrogen-bond acceptors (Lipinski definition) is 5. The van der Waals surface area contributed by atoms with Gasteiger partial charge in [0.1, 0.15) is 11.8 Å². The van der Waals surface area contributed by atoms with Crippen LogP contribution in [0.1, 0.15) is 45.4 Å². The normalized spacial score (nSPS) is 12.0. The van der Waals surface area contributed by atoms with Gasteiger partial charge < -0.3 is 20.5 Å². The molecule has 0 saturated carbocycles. The average molecular weight is 362 g/mol. The van der Waals surface area contributed by atoms with Gasteiger partial charge >= 0.3 is 5.97 Å². The van der Waals surface area contributed by atoms with Crippen molar-refractivity contribution >= 4 is 17.6 Å². The molecule has 0 aromatic heterocycles. The fourth-order valence-corrected chi connectivity index (χ4v) is 2.27. The summed E-state index contributed by atoms with van der Waals surface area (Å²) < 4.78 is 10.1. The summed E-state index contributed by atoms with van der Waals surface area (Å²) in [5.74, 6) is -0.197. The van der Waals surface area contributed by atoms with Crippen molar-refractivity contribution in [3.8, 4) is 5.75 Å². The smallest absolute Gasteiger partial charge is 0.330 e. The quantitative estimate of drug-likeness (QED) is 0.338. The van der Waals surface area contributed by atoms with Gasteiger partial charge in [0.25, 0.3) is 0 Å². The molecular formula is C20H30N2O4. The number of amides is 1. The molecule has 1 amide bonds. The van der Waals surface area contributed by atoms with Crippen LogP contribution in [0, 0.1) is 0 Å². The zero-order valence-corrected chi connectivity index (χ0v) is 15.7. The molecule has 0 heterocycles. The van der Waals surface area contributed by atoms with Crippen LogP contribution in [-0.4, -0.2) is 31.6 Å². The number of carbonyl (C=O) groups is 2. The molecule has 0 fully saturated rings. The molecule has 0 spiro atoms. The van der Waals surface area contributed by atoms with E-state index in [1.165, 1.54) is 45.3 Å². The van der Waals surface area contributed by atoms with Crippen LogP contribution in [0.3, 0.4) is 0 Å². The van der Waals surface area contributed by atoms with E-state index in [1.807, 2.05) is 12.1 Å². The SMILES string of the molecule is CCCCCCCCOc1ccc(NC(=O)[C@@H](N)/C=C/C(=O)OC)cc1. The topological polar surface area (TPSA) is 90.6 Å². The minimum absolute atomic E-state index is 0.411. The third-order valence-electron chi connectivity index (χ3n) is 3.83. The van der Waals surface area contributed by atoms with Crippen LogP contribution in [0.25, 0.3) is 0 Å². The van der Waals surface area contributed by atoms with Crippen LogP contribution in [0.5, 0.6) is 5.75 Å². The number of anilines is 1. The molecule has 0 saturated heterocycles. The van der Waals surface area contributed by atoms with E-state index in [1.54, 1.807) is 12.1 Å². The summed E-state index contributed by atoms with van der Waals surface area (Å²) in [5, 5.41) is 2.68. The lowest BCUT2D eigenvalue weighted by Gasteiger charge is -2.10. The Labute approximate surface area is 155 Å². The number of nitrogens with one attached hydrogen (secondary N) is 1. The summed E-state index contributed by atoms with van der Waals surface area (Å²) in [5.41, 5.74) is 6.31. The van der Waals surface area contributed by atoms with E-state index in [4.69, 9.17) is 10.5 Å². The fraction of sp³-hybridized carbons (Fsp3) is 0.500. The average Bonchev–Trinajstić information content (AvgIpc) is 2.66. The lowest BCUT2D eigenvalue weighted by molar-refractivity contribution is -0.134. The highest BCUT2D eigenvalue weighted by atomic mass is 16.5. The predicted octanol–water partition coefficient (Wildman–Crippen LogP) is 3.42. The van der Waals surface area contributed by atoms with Gasteiger partial charge in [0, 0.05) is 11.8 Å². The lowest BCUT2D eigenvalue weighted by Crippen LogP contribution is -2.33. The van der Waals surface area contributed by atoms with Crippen molar-refractivity contribution in [2.45, 2.75) is 51.5 Å². The molecule has 1 aromatic carbocycles. The Hall–Kier alpha value is -2.34. The number of benzene rings is 1. The molecule has 144 valence electrons. The Morgan fingerprint density at radius 2 is 1.77 bits per heavy atom. The number of carbonyl (C=O) groups excluding carboxylic acids is 2. The van der Waals surface area contributed by atoms with E-state index >= 15 is 0 Å². The van der Waals surface area contributed by atoms with Crippen molar-refractivity contribution in [1.29, 1.82) is 0 Å². The maximum atomic E-state index is 11.9. The molecule has 0 aliphatic heterocycles. The molecule has 6 nitrogen and oxygen atoms in total. The molecule has 3 N–H and O–H groups in total. The molecule has 26 heavy (non-hydrogen) atoms.